The number of hydrogen-bond acceptors (Lipinski definition) is 1. The van der Waals surface area contributed by atoms with Crippen molar-refractivity contribution in [1.82, 2.24) is 10.3 Å². The van der Waals surface area contributed by atoms with Crippen LogP contribution < -0.4 is 5.32 Å². The lowest BCUT2D eigenvalue weighted by Crippen LogP contribution is -2.30. The number of aromatic amines is 1. The van der Waals surface area contributed by atoms with Gasteiger partial charge in [0, 0.05) is 23.0 Å². The molecule has 3 rings (SSSR count). The number of nitrogens with one attached hydrogen (secondary N) is 2. The summed E-state index contributed by atoms with van der Waals surface area (Å²) >= 11 is 0. The van der Waals surface area contributed by atoms with Crippen LogP contribution in [0.2, 0.25) is 0 Å². The van der Waals surface area contributed by atoms with Crippen molar-refractivity contribution < 1.29 is 4.79 Å². The molecule has 1 aromatic carbocycles. The van der Waals surface area contributed by atoms with Crippen LogP contribution in [0.15, 0.2) is 24.3 Å². The molecular weight excluding hydrogens is 224 g/mol. The van der Waals surface area contributed by atoms with Crippen molar-refractivity contribution in [1.29, 1.82) is 0 Å². The number of rotatable bonds is 2. The summed E-state index contributed by atoms with van der Waals surface area (Å²) in [5, 5.41) is 4.42. The fraction of sp³-hybridized carbons (Fsp3) is 0.400. The van der Waals surface area contributed by atoms with E-state index in [1.54, 1.807) is 0 Å². The maximum atomic E-state index is 11.6. The van der Waals surface area contributed by atoms with Crippen LogP contribution >= 0.6 is 0 Å². The van der Waals surface area contributed by atoms with Gasteiger partial charge in [0.2, 0.25) is 5.91 Å². The Morgan fingerprint density at radius 1 is 1.44 bits per heavy atom. The van der Waals surface area contributed by atoms with Crippen LogP contribution in [0.4, 0.5) is 0 Å². The molecule has 1 heterocycles. The van der Waals surface area contributed by atoms with Gasteiger partial charge in [-0.25, -0.2) is 0 Å². The van der Waals surface area contributed by atoms with Gasteiger partial charge in [0.05, 0.1) is 6.04 Å². The smallest absolute Gasteiger partial charge is 0.220 e. The van der Waals surface area contributed by atoms with Gasteiger partial charge in [0.25, 0.3) is 0 Å². The highest BCUT2D eigenvalue weighted by molar-refractivity contribution is 5.85. The molecule has 1 amide bonds. The van der Waals surface area contributed by atoms with Gasteiger partial charge in [-0.1, -0.05) is 25.1 Å². The van der Waals surface area contributed by atoms with Gasteiger partial charge in [0.1, 0.15) is 0 Å². The van der Waals surface area contributed by atoms with Crippen molar-refractivity contribution in [2.24, 2.45) is 0 Å². The third kappa shape index (κ3) is 1.80. The molecular formula is C15H18N2O. The summed E-state index contributed by atoms with van der Waals surface area (Å²) in [5.41, 5.74) is 3.78. The van der Waals surface area contributed by atoms with Crippen LogP contribution in [-0.4, -0.2) is 10.9 Å². The van der Waals surface area contributed by atoms with Crippen LogP contribution in [0, 0.1) is 0 Å². The van der Waals surface area contributed by atoms with Gasteiger partial charge in [-0.3, -0.25) is 4.79 Å². The number of hydrogen-bond donors (Lipinski definition) is 2. The highest BCUT2D eigenvalue weighted by Crippen LogP contribution is 2.34. The molecule has 2 N–H and O–H groups in total. The second-order valence-electron chi connectivity index (χ2n) is 4.93. The van der Waals surface area contributed by atoms with Gasteiger partial charge in [-0.15, -0.1) is 0 Å². The van der Waals surface area contributed by atoms with Crippen molar-refractivity contribution in [2.45, 2.75) is 38.6 Å². The van der Waals surface area contributed by atoms with Gasteiger partial charge in [0.15, 0.2) is 0 Å². The Labute approximate surface area is 107 Å². The second kappa shape index (κ2) is 4.48. The third-order valence-electron chi connectivity index (χ3n) is 3.77. The highest BCUT2D eigenvalue weighted by atomic mass is 16.1. The van der Waals surface area contributed by atoms with E-state index in [1.807, 2.05) is 13.0 Å². The quantitative estimate of drug-likeness (QED) is 0.835. The first-order valence-electron chi connectivity index (χ1n) is 6.68. The Morgan fingerprint density at radius 2 is 2.28 bits per heavy atom. The number of aryl methyl sites for hydroxylation is 1. The van der Waals surface area contributed by atoms with Crippen LogP contribution in [0.5, 0.6) is 0 Å². The number of para-hydroxylation sites is 1. The molecule has 1 unspecified atom stereocenters. The lowest BCUT2D eigenvalue weighted by molar-refractivity contribution is -0.121. The van der Waals surface area contributed by atoms with Crippen molar-refractivity contribution in [3.63, 3.8) is 0 Å². The van der Waals surface area contributed by atoms with E-state index in [0.29, 0.717) is 6.42 Å². The zero-order valence-electron chi connectivity index (χ0n) is 10.6. The molecule has 1 aromatic heterocycles. The zero-order chi connectivity index (χ0) is 12.5. The average Bonchev–Trinajstić information content (AvgIpc) is 2.78. The molecule has 94 valence electrons. The molecule has 3 nitrogen and oxygen atoms in total. The first kappa shape index (κ1) is 11.3. The molecule has 0 aliphatic heterocycles. The van der Waals surface area contributed by atoms with Crippen LogP contribution in [0.25, 0.3) is 10.9 Å². The van der Waals surface area contributed by atoms with E-state index in [9.17, 15) is 4.79 Å². The minimum Gasteiger partial charge on any atom is -0.356 e. The number of fused-ring (bicyclic) bond motifs is 3. The summed E-state index contributed by atoms with van der Waals surface area (Å²) in [5.74, 6) is 0.131. The molecule has 2 aromatic rings. The summed E-state index contributed by atoms with van der Waals surface area (Å²) in [6.45, 7) is 1.89. The van der Waals surface area contributed by atoms with E-state index in [2.05, 4.69) is 28.5 Å². The topological polar surface area (TPSA) is 44.9 Å². The summed E-state index contributed by atoms with van der Waals surface area (Å²) in [7, 11) is 0. The second-order valence-corrected chi connectivity index (χ2v) is 4.93. The predicted molar refractivity (Wildman–Crippen MR) is 72.4 cm³/mol. The van der Waals surface area contributed by atoms with Crippen molar-refractivity contribution in [3.05, 3.63) is 35.5 Å². The predicted octanol–water partition coefficient (Wildman–Crippen LogP) is 3.07. The molecule has 0 fully saturated rings. The van der Waals surface area contributed by atoms with E-state index in [1.165, 1.54) is 22.2 Å². The largest absolute Gasteiger partial charge is 0.356 e. The molecule has 1 atom stereocenters. The van der Waals surface area contributed by atoms with Crippen LogP contribution in [0.1, 0.15) is 43.5 Å². The molecule has 0 radical (unpaired) electrons. The maximum absolute atomic E-state index is 11.6. The normalized spacial score (nSPS) is 18.6. The number of H-pyrrole nitrogens is 1. The van der Waals surface area contributed by atoms with Gasteiger partial charge in [-0.05, 0) is 30.9 Å². The van der Waals surface area contributed by atoms with Crippen molar-refractivity contribution >= 4 is 16.8 Å². The number of amides is 1. The number of benzene rings is 1. The Bertz CT molecular complexity index is 585. The number of carbonyl (C=O) groups is 1. The van der Waals surface area contributed by atoms with Crippen molar-refractivity contribution in [2.75, 3.05) is 0 Å². The lowest BCUT2D eigenvalue weighted by Gasteiger charge is -2.23. The minimum atomic E-state index is 0.131. The highest BCUT2D eigenvalue weighted by Gasteiger charge is 2.24. The van der Waals surface area contributed by atoms with Crippen LogP contribution in [0.3, 0.4) is 0 Å². The molecule has 18 heavy (non-hydrogen) atoms. The first-order valence-corrected chi connectivity index (χ1v) is 6.68. The lowest BCUT2D eigenvalue weighted by atomic mass is 9.91. The Balaban J connectivity index is 2.02. The maximum Gasteiger partial charge on any atom is 0.220 e. The first-order chi connectivity index (χ1) is 8.79. The SMILES string of the molecule is CCC(=O)NC1CCCc2c1[nH]c1ccccc21. The minimum absolute atomic E-state index is 0.131. The molecule has 0 saturated carbocycles. The van der Waals surface area contributed by atoms with Crippen molar-refractivity contribution in [3.8, 4) is 0 Å². The molecule has 1 aliphatic carbocycles. The fourth-order valence-corrected chi connectivity index (χ4v) is 2.86. The zero-order valence-corrected chi connectivity index (χ0v) is 10.6. The van der Waals surface area contributed by atoms with E-state index in [4.69, 9.17) is 0 Å². The fourth-order valence-electron chi connectivity index (χ4n) is 2.86. The van der Waals surface area contributed by atoms with Gasteiger partial charge in [-0.2, -0.15) is 0 Å². The molecule has 0 saturated heterocycles. The molecule has 3 heteroatoms. The molecule has 1 aliphatic rings. The summed E-state index contributed by atoms with van der Waals surface area (Å²) in [6.07, 6.45) is 3.83. The summed E-state index contributed by atoms with van der Waals surface area (Å²) in [6, 6.07) is 8.55. The van der Waals surface area contributed by atoms with E-state index in [-0.39, 0.29) is 11.9 Å². The average molecular weight is 242 g/mol. The summed E-state index contributed by atoms with van der Waals surface area (Å²) in [4.78, 5) is 15.1. The third-order valence-corrected chi connectivity index (χ3v) is 3.77. The molecule has 0 bridgehead atoms. The van der Waals surface area contributed by atoms with Crippen LogP contribution in [-0.2, 0) is 11.2 Å². The number of carbonyl (C=O) groups excluding carboxylic acids is 1. The standard InChI is InChI=1S/C15H18N2O/c1-2-14(18)16-13-9-5-7-11-10-6-3-4-8-12(10)17-15(11)13/h3-4,6,8,13,17H,2,5,7,9H2,1H3,(H,16,18). The Hall–Kier alpha value is -1.77. The van der Waals surface area contributed by atoms with Gasteiger partial charge < -0.3 is 10.3 Å². The Morgan fingerprint density at radius 3 is 3.11 bits per heavy atom. The monoisotopic (exact) mass is 242 g/mol. The summed E-state index contributed by atoms with van der Waals surface area (Å²) < 4.78 is 0. The Kier molecular flexibility index (Phi) is 2.82. The number of aromatic nitrogens is 1. The molecule has 0 spiro atoms. The van der Waals surface area contributed by atoms with E-state index in [0.717, 1.165) is 19.3 Å². The van der Waals surface area contributed by atoms with Gasteiger partial charge >= 0.3 is 0 Å². The van der Waals surface area contributed by atoms with E-state index < -0.39 is 0 Å². The van der Waals surface area contributed by atoms with E-state index >= 15 is 0 Å².